The van der Waals surface area contributed by atoms with Gasteiger partial charge in [-0.3, -0.25) is 4.79 Å². The van der Waals surface area contributed by atoms with Crippen molar-refractivity contribution < 1.29 is 13.2 Å². The molecule has 0 saturated heterocycles. The van der Waals surface area contributed by atoms with Crippen LogP contribution in [0.5, 0.6) is 0 Å². The molecule has 1 aromatic carbocycles. The topological polar surface area (TPSA) is 89.3 Å². The molecule has 3 N–H and O–H groups in total. The number of sulfone groups is 1. The lowest BCUT2D eigenvalue weighted by atomic mass is 9.94. The minimum atomic E-state index is -3.11. The molecule has 0 radical (unpaired) electrons. The summed E-state index contributed by atoms with van der Waals surface area (Å²) in [5.41, 5.74) is 6.97. The Kier molecular flexibility index (Phi) is 8.66. The summed E-state index contributed by atoms with van der Waals surface area (Å²) in [5, 5.41) is 2.72. The van der Waals surface area contributed by atoms with Gasteiger partial charge in [0.25, 0.3) is 0 Å². The van der Waals surface area contributed by atoms with Crippen LogP contribution in [0.15, 0.2) is 30.3 Å². The van der Waals surface area contributed by atoms with Crippen LogP contribution in [0.3, 0.4) is 0 Å². The van der Waals surface area contributed by atoms with Crippen molar-refractivity contribution in [2.24, 2.45) is 11.7 Å². The van der Waals surface area contributed by atoms with Crippen molar-refractivity contribution >= 4 is 28.2 Å². The lowest BCUT2D eigenvalue weighted by molar-refractivity contribution is -0.125. The van der Waals surface area contributed by atoms with Crippen LogP contribution in [0.2, 0.25) is 0 Å². The third-order valence-electron chi connectivity index (χ3n) is 3.47. The number of hydrogen-bond donors (Lipinski definition) is 2. The first-order chi connectivity index (χ1) is 9.76. The first kappa shape index (κ1) is 20.9. The monoisotopic (exact) mass is 348 g/mol. The fourth-order valence-corrected chi connectivity index (χ4v) is 3.12. The van der Waals surface area contributed by atoms with Gasteiger partial charge in [0.1, 0.15) is 0 Å². The number of carbonyl (C=O) groups excluding carboxylic acids is 1. The molecule has 1 rings (SSSR count). The van der Waals surface area contributed by atoms with Crippen molar-refractivity contribution in [3.63, 3.8) is 0 Å². The number of hydrogen-bond acceptors (Lipinski definition) is 4. The van der Waals surface area contributed by atoms with Gasteiger partial charge in [-0.2, -0.15) is 0 Å². The Balaban J connectivity index is 0.00000441. The quantitative estimate of drug-likeness (QED) is 0.784. The van der Waals surface area contributed by atoms with Crippen LogP contribution in [0, 0.1) is 5.92 Å². The number of amides is 1. The molecule has 0 heterocycles. The van der Waals surface area contributed by atoms with Crippen LogP contribution in [-0.4, -0.2) is 31.9 Å². The third-order valence-corrected chi connectivity index (χ3v) is 5.36. The maximum Gasteiger partial charge on any atom is 0.224 e. The van der Waals surface area contributed by atoms with Gasteiger partial charge in [0, 0.05) is 17.8 Å². The lowest BCUT2D eigenvalue weighted by Gasteiger charge is -2.22. The van der Waals surface area contributed by atoms with Crippen LogP contribution >= 0.6 is 12.4 Å². The molecule has 0 aliphatic carbocycles. The minimum absolute atomic E-state index is 0. The Morgan fingerprint density at radius 1 is 1.23 bits per heavy atom. The predicted octanol–water partition coefficient (Wildman–Crippen LogP) is 1.68. The summed E-state index contributed by atoms with van der Waals surface area (Å²) in [4.78, 5) is 12.2. The molecule has 0 spiro atoms. The molecule has 5 nitrogen and oxygen atoms in total. The highest BCUT2D eigenvalue weighted by Gasteiger charge is 2.24. The largest absolute Gasteiger partial charge is 0.352 e. The Labute approximate surface area is 139 Å². The van der Waals surface area contributed by atoms with Gasteiger partial charge in [0.2, 0.25) is 5.91 Å². The highest BCUT2D eigenvalue weighted by molar-refractivity contribution is 7.91. The van der Waals surface area contributed by atoms with E-state index in [-0.39, 0.29) is 29.8 Å². The maximum atomic E-state index is 12.2. The summed E-state index contributed by atoms with van der Waals surface area (Å²) in [6, 6.07) is 8.54. The van der Waals surface area contributed by atoms with E-state index in [1.165, 1.54) is 0 Å². The van der Waals surface area contributed by atoms with Crippen molar-refractivity contribution in [1.82, 2.24) is 5.32 Å². The summed E-state index contributed by atoms with van der Waals surface area (Å²) in [6.45, 7) is 5.03. The third kappa shape index (κ3) is 6.34. The predicted molar refractivity (Wildman–Crippen MR) is 91.7 cm³/mol. The van der Waals surface area contributed by atoms with E-state index in [0.29, 0.717) is 0 Å². The van der Waals surface area contributed by atoms with E-state index < -0.39 is 27.8 Å². The first-order valence-electron chi connectivity index (χ1n) is 7.08. The second-order valence-corrected chi connectivity index (χ2v) is 7.73. The fraction of sp³-hybridized carbons (Fsp3) is 0.533. The number of benzene rings is 1. The second-order valence-electron chi connectivity index (χ2n) is 5.33. The highest BCUT2D eigenvalue weighted by Crippen LogP contribution is 2.19. The fourth-order valence-electron chi connectivity index (χ4n) is 2.04. The van der Waals surface area contributed by atoms with E-state index in [0.717, 1.165) is 5.56 Å². The molecule has 7 heteroatoms. The molecule has 0 bridgehead atoms. The van der Waals surface area contributed by atoms with Crippen molar-refractivity contribution in [1.29, 1.82) is 0 Å². The van der Waals surface area contributed by atoms with Crippen molar-refractivity contribution in [2.45, 2.75) is 32.9 Å². The van der Waals surface area contributed by atoms with E-state index in [1.54, 1.807) is 20.8 Å². The first-order valence-corrected chi connectivity index (χ1v) is 8.90. The Morgan fingerprint density at radius 2 is 1.77 bits per heavy atom. The summed E-state index contributed by atoms with van der Waals surface area (Å²) in [6.07, 6.45) is 0. The zero-order valence-electron chi connectivity index (χ0n) is 13.2. The molecule has 1 aromatic rings. The Bertz CT molecular complexity index is 563. The van der Waals surface area contributed by atoms with Crippen LogP contribution in [-0.2, 0) is 14.6 Å². The van der Waals surface area contributed by atoms with Gasteiger partial charge in [-0.15, -0.1) is 12.4 Å². The SMILES string of the molecule is CCS(=O)(=O)CC(C)NC(=O)C(C)C(N)c1ccccc1.Cl. The van der Waals surface area contributed by atoms with Gasteiger partial charge in [0.05, 0.1) is 11.7 Å². The van der Waals surface area contributed by atoms with Crippen LogP contribution in [0.4, 0.5) is 0 Å². The van der Waals surface area contributed by atoms with Gasteiger partial charge >= 0.3 is 0 Å². The molecule has 0 fully saturated rings. The lowest BCUT2D eigenvalue weighted by Crippen LogP contribution is -2.43. The van der Waals surface area contributed by atoms with Crippen LogP contribution in [0.1, 0.15) is 32.4 Å². The van der Waals surface area contributed by atoms with E-state index in [1.807, 2.05) is 30.3 Å². The average Bonchev–Trinajstić information content (AvgIpc) is 2.45. The zero-order valence-corrected chi connectivity index (χ0v) is 14.8. The Hall–Kier alpha value is -1.11. The van der Waals surface area contributed by atoms with Crippen molar-refractivity contribution in [3.8, 4) is 0 Å². The molecule has 1 amide bonds. The molecule has 0 aliphatic heterocycles. The number of nitrogens with one attached hydrogen (secondary N) is 1. The van der Waals surface area contributed by atoms with Crippen LogP contribution < -0.4 is 11.1 Å². The molecule has 3 atom stereocenters. The summed E-state index contributed by atoms with van der Waals surface area (Å²) in [7, 11) is -3.11. The molecule has 22 heavy (non-hydrogen) atoms. The second kappa shape index (κ2) is 9.12. The molecule has 126 valence electrons. The smallest absolute Gasteiger partial charge is 0.224 e. The standard InChI is InChI=1S/C15H24N2O3S.ClH/c1-4-21(19,20)10-11(2)17-15(18)12(3)14(16)13-8-6-5-7-9-13;/h5-9,11-12,14H,4,10,16H2,1-3H3,(H,17,18);1H. The maximum absolute atomic E-state index is 12.2. The molecule has 0 aliphatic rings. The molecule has 0 aromatic heterocycles. The number of nitrogens with two attached hydrogens (primary N) is 1. The minimum Gasteiger partial charge on any atom is -0.352 e. The summed E-state index contributed by atoms with van der Waals surface area (Å²) in [5.74, 6) is -0.640. The molecular formula is C15H25ClN2O3S. The molecule has 3 unspecified atom stereocenters. The van der Waals surface area contributed by atoms with Gasteiger partial charge < -0.3 is 11.1 Å². The van der Waals surface area contributed by atoms with Crippen LogP contribution in [0.25, 0.3) is 0 Å². The Morgan fingerprint density at radius 3 is 2.27 bits per heavy atom. The summed E-state index contributed by atoms with van der Waals surface area (Å²) >= 11 is 0. The van der Waals surface area contributed by atoms with Crippen molar-refractivity contribution in [2.75, 3.05) is 11.5 Å². The van der Waals surface area contributed by atoms with E-state index in [2.05, 4.69) is 5.32 Å². The molecule has 0 saturated carbocycles. The van der Waals surface area contributed by atoms with E-state index in [9.17, 15) is 13.2 Å². The highest BCUT2D eigenvalue weighted by atomic mass is 35.5. The summed E-state index contributed by atoms with van der Waals surface area (Å²) < 4.78 is 23.1. The van der Waals surface area contributed by atoms with Gasteiger partial charge in [-0.25, -0.2) is 8.42 Å². The normalized spacial score (nSPS) is 15.3. The van der Waals surface area contributed by atoms with Gasteiger partial charge in [0.15, 0.2) is 9.84 Å². The zero-order chi connectivity index (χ0) is 16.0. The van der Waals surface area contributed by atoms with Gasteiger partial charge in [-0.05, 0) is 12.5 Å². The van der Waals surface area contributed by atoms with Gasteiger partial charge in [-0.1, -0.05) is 44.2 Å². The number of rotatable bonds is 7. The number of carbonyl (C=O) groups is 1. The average molecular weight is 349 g/mol. The molecular weight excluding hydrogens is 324 g/mol. The van der Waals surface area contributed by atoms with Crippen molar-refractivity contribution in [3.05, 3.63) is 35.9 Å². The van der Waals surface area contributed by atoms with E-state index in [4.69, 9.17) is 5.73 Å². The number of halogens is 1. The van der Waals surface area contributed by atoms with E-state index >= 15 is 0 Å².